The van der Waals surface area contributed by atoms with E-state index in [1.807, 2.05) is 0 Å². The number of methoxy groups -OCH3 is 1. The molecule has 12 N–H and O–H groups in total. The highest BCUT2D eigenvalue weighted by Gasteiger charge is 2.40. The number of aliphatic hydroxyl groups is 2. The Hall–Kier alpha value is -6.35. The number of esters is 1. The van der Waals surface area contributed by atoms with Gasteiger partial charge in [-0.25, -0.2) is 4.79 Å². The Labute approximate surface area is 349 Å². The maximum Gasteiger partial charge on any atom is 0.329 e. The highest BCUT2D eigenvalue weighted by atomic mass is 35.5. The summed E-state index contributed by atoms with van der Waals surface area (Å²) in [6.45, 7) is 2.69. The topological polar surface area (TPSA) is 328 Å². The number of nitrogens with one attached hydrogen (secondary N) is 5. The molecule has 1 fully saturated rings. The molecule has 0 aromatic heterocycles. The highest BCUT2D eigenvalue weighted by molar-refractivity contribution is 6.32. The first kappa shape index (κ1) is 48.0. The number of cyclic esters (lactones) is 1. The van der Waals surface area contributed by atoms with Crippen molar-refractivity contribution in [3.05, 3.63) is 82.5 Å². The molecule has 20 nitrogen and oxygen atoms in total. The van der Waals surface area contributed by atoms with E-state index in [1.54, 1.807) is 30.3 Å². The fourth-order valence-electron chi connectivity index (χ4n) is 5.80. The minimum atomic E-state index is -2.27. The van der Waals surface area contributed by atoms with Crippen LogP contribution < -0.4 is 42.8 Å². The fourth-order valence-corrected chi connectivity index (χ4v) is 6.06. The number of carbonyl (C=O) groups is 8. The van der Waals surface area contributed by atoms with E-state index < -0.39 is 109 Å². The molecule has 2 aromatic rings. The molecule has 324 valence electrons. The monoisotopic (exact) mass is 857 g/mol. The summed E-state index contributed by atoms with van der Waals surface area (Å²) in [5.74, 6) is -10.0. The van der Waals surface area contributed by atoms with Crippen LogP contribution in [-0.2, 0) is 43.1 Å². The third kappa shape index (κ3) is 13.9. The van der Waals surface area contributed by atoms with E-state index in [4.69, 9.17) is 32.5 Å². The summed E-state index contributed by atoms with van der Waals surface area (Å²) in [5, 5.41) is 43.5. The standard InChI is InChI=1S/C39H48ClN7O13/c1-4-23(44-27(49)13-10-20-8-6-5-7-9-20)36(55)47-31-25(48)18-28(50)46-32(33(53)35(42)54)38(57)43-15-14-19(2)30(41)37(56)45-24(17-29(51)52)39(58)60-34(31)21-11-12-26(59-3)22(40)16-21/h4-13,16,19,24-25,30-34,48,53H,14-15,17-18,41H2,1-3H3,(H2,42,54)(H,43,57)(H,44,49)(H,45,56)(H,46,50)(H,47,55)(H,51,52). The molecule has 1 aliphatic rings. The zero-order chi connectivity index (χ0) is 44.7. The second-order valence-electron chi connectivity index (χ2n) is 13.6. The molecule has 0 aliphatic carbocycles. The third-order valence-electron chi connectivity index (χ3n) is 9.20. The van der Waals surface area contributed by atoms with Gasteiger partial charge in [0.1, 0.15) is 29.6 Å². The van der Waals surface area contributed by atoms with Crippen LogP contribution in [0.5, 0.6) is 5.75 Å². The number of ether oxygens (including phenoxy) is 2. The molecule has 3 rings (SSSR count). The summed E-state index contributed by atoms with van der Waals surface area (Å²) in [5.41, 5.74) is 11.6. The molecule has 0 saturated carbocycles. The molecule has 8 atom stereocenters. The van der Waals surface area contributed by atoms with Gasteiger partial charge < -0.3 is 62.8 Å². The third-order valence-corrected chi connectivity index (χ3v) is 9.49. The van der Waals surface area contributed by atoms with Crippen LogP contribution in [0.3, 0.4) is 0 Å². The van der Waals surface area contributed by atoms with Crippen molar-refractivity contribution in [2.24, 2.45) is 17.4 Å². The second-order valence-corrected chi connectivity index (χ2v) is 14.0. The zero-order valence-corrected chi connectivity index (χ0v) is 33.5. The first-order valence-corrected chi connectivity index (χ1v) is 18.8. The highest BCUT2D eigenvalue weighted by Crippen LogP contribution is 2.32. The lowest BCUT2D eigenvalue weighted by Gasteiger charge is -2.33. The number of primary amides is 1. The number of benzene rings is 2. The Morgan fingerprint density at radius 2 is 1.75 bits per heavy atom. The molecule has 1 heterocycles. The second kappa shape index (κ2) is 22.7. The van der Waals surface area contributed by atoms with Crippen LogP contribution >= 0.6 is 11.6 Å². The van der Waals surface area contributed by atoms with Crippen LogP contribution in [0.25, 0.3) is 6.08 Å². The van der Waals surface area contributed by atoms with Gasteiger partial charge in [0, 0.05) is 12.6 Å². The fraction of sp³-hybridized carbons (Fsp3) is 0.385. The Morgan fingerprint density at radius 3 is 2.35 bits per heavy atom. The number of nitrogens with two attached hydrogens (primary N) is 2. The molecule has 2 aromatic carbocycles. The minimum Gasteiger partial charge on any atom is -0.495 e. The summed E-state index contributed by atoms with van der Waals surface area (Å²) < 4.78 is 11.0. The minimum absolute atomic E-state index is 0.0000605. The van der Waals surface area contributed by atoms with Crippen molar-refractivity contribution in [2.45, 2.75) is 75.6 Å². The van der Waals surface area contributed by atoms with E-state index in [0.29, 0.717) is 5.56 Å². The number of aliphatic hydroxyl groups excluding tert-OH is 2. The van der Waals surface area contributed by atoms with E-state index >= 15 is 0 Å². The SMILES string of the molecule is CC=C(NC(=O)C=Cc1ccccc1)C(=O)NC1C(O)CC(=O)NC(C(O)C(N)=O)C(=O)NCCC(C)C(N)C(=O)NC(CC(=O)O)C(=O)OC1c1ccc(OC)c(Cl)c1. The van der Waals surface area contributed by atoms with Crippen molar-refractivity contribution >= 4 is 65.1 Å². The number of allylic oxidation sites excluding steroid dienone is 1. The van der Waals surface area contributed by atoms with E-state index in [0.717, 1.165) is 6.08 Å². The summed E-state index contributed by atoms with van der Waals surface area (Å²) in [6, 6.07) is 5.36. The van der Waals surface area contributed by atoms with Gasteiger partial charge in [-0.2, -0.15) is 0 Å². The summed E-state index contributed by atoms with van der Waals surface area (Å²) in [4.78, 5) is 105. The lowest BCUT2D eigenvalue weighted by Crippen LogP contribution is -2.58. The van der Waals surface area contributed by atoms with Crippen LogP contribution in [0.15, 0.2) is 66.4 Å². The molecule has 6 amide bonds. The Kier molecular flexibility index (Phi) is 18.2. The molecule has 1 aliphatic heterocycles. The van der Waals surface area contributed by atoms with E-state index in [2.05, 4.69) is 26.6 Å². The average Bonchev–Trinajstić information content (AvgIpc) is 3.20. The zero-order valence-electron chi connectivity index (χ0n) is 32.8. The first-order valence-electron chi connectivity index (χ1n) is 18.4. The number of rotatable bonds is 11. The van der Waals surface area contributed by atoms with Gasteiger partial charge in [0.2, 0.25) is 29.5 Å². The molecule has 0 radical (unpaired) electrons. The molecule has 21 heteroatoms. The number of halogens is 1. The van der Waals surface area contributed by atoms with Gasteiger partial charge in [-0.1, -0.05) is 61.0 Å². The van der Waals surface area contributed by atoms with Crippen LogP contribution in [0.4, 0.5) is 0 Å². The Balaban J connectivity index is 2.18. The normalized spacial score (nSPS) is 24.3. The van der Waals surface area contributed by atoms with Gasteiger partial charge in [0.05, 0.1) is 43.2 Å². The lowest BCUT2D eigenvalue weighted by atomic mass is 9.94. The molecular formula is C39H48ClN7O13. The van der Waals surface area contributed by atoms with Gasteiger partial charge in [-0.3, -0.25) is 33.6 Å². The van der Waals surface area contributed by atoms with Crippen molar-refractivity contribution in [3.8, 4) is 5.75 Å². The predicted octanol–water partition coefficient (Wildman–Crippen LogP) is -1.32. The molecule has 0 bridgehead atoms. The van der Waals surface area contributed by atoms with Crippen LogP contribution in [0.2, 0.25) is 5.02 Å². The molecular weight excluding hydrogens is 810 g/mol. The van der Waals surface area contributed by atoms with Crippen LogP contribution in [-0.4, -0.2) is 113 Å². The summed E-state index contributed by atoms with van der Waals surface area (Å²) >= 11 is 6.42. The number of aliphatic carboxylic acids is 1. The van der Waals surface area contributed by atoms with E-state index in [1.165, 1.54) is 51.3 Å². The van der Waals surface area contributed by atoms with Crippen LogP contribution in [0.1, 0.15) is 50.3 Å². The maximum atomic E-state index is 13.9. The number of carboxylic acid groups (broad SMARTS) is 1. The van der Waals surface area contributed by atoms with Crippen LogP contribution in [0, 0.1) is 5.92 Å². The van der Waals surface area contributed by atoms with E-state index in [9.17, 15) is 53.7 Å². The molecule has 60 heavy (non-hydrogen) atoms. The maximum absolute atomic E-state index is 13.9. The molecule has 0 spiro atoms. The first-order chi connectivity index (χ1) is 28.4. The summed E-state index contributed by atoms with van der Waals surface area (Å²) in [7, 11) is 1.30. The number of carboxylic acids is 1. The van der Waals surface area contributed by atoms with Crippen molar-refractivity contribution in [1.82, 2.24) is 26.6 Å². The average molecular weight is 858 g/mol. The number of hydrogen-bond donors (Lipinski definition) is 10. The lowest BCUT2D eigenvalue weighted by molar-refractivity contribution is -0.160. The van der Waals surface area contributed by atoms with Crippen molar-refractivity contribution < 1.29 is 63.1 Å². The number of amides is 6. The largest absolute Gasteiger partial charge is 0.495 e. The van der Waals surface area contributed by atoms with Gasteiger partial charge >= 0.3 is 11.9 Å². The van der Waals surface area contributed by atoms with Gasteiger partial charge in [-0.15, -0.1) is 0 Å². The van der Waals surface area contributed by atoms with Crippen molar-refractivity contribution in [2.75, 3.05) is 13.7 Å². The van der Waals surface area contributed by atoms with Crippen molar-refractivity contribution in [3.63, 3.8) is 0 Å². The summed E-state index contributed by atoms with van der Waals surface area (Å²) in [6.07, 6.45) is -4.49. The molecule has 1 saturated heterocycles. The van der Waals surface area contributed by atoms with Crippen molar-refractivity contribution in [1.29, 1.82) is 0 Å². The quantitative estimate of drug-likeness (QED) is 0.0926. The smallest absolute Gasteiger partial charge is 0.329 e. The van der Waals surface area contributed by atoms with Gasteiger partial charge in [-0.05, 0) is 48.6 Å². The van der Waals surface area contributed by atoms with E-state index in [-0.39, 0.29) is 35.0 Å². The Bertz CT molecular complexity index is 1980. The Morgan fingerprint density at radius 1 is 1.07 bits per heavy atom. The predicted molar refractivity (Wildman–Crippen MR) is 213 cm³/mol. The molecule has 8 unspecified atom stereocenters. The van der Waals surface area contributed by atoms with Gasteiger partial charge in [0.25, 0.3) is 5.91 Å². The van der Waals surface area contributed by atoms with Gasteiger partial charge in [0.15, 0.2) is 6.10 Å². The number of carbonyl (C=O) groups excluding carboxylic acids is 7. The number of hydrogen-bond acceptors (Lipinski definition) is 13.